The monoisotopic (exact) mass is 531 g/mol. The van der Waals surface area contributed by atoms with E-state index in [0.717, 1.165) is 5.41 Å². The summed E-state index contributed by atoms with van der Waals surface area (Å²) < 4.78 is 34.1. The fourth-order valence-electron chi connectivity index (χ4n) is 3.89. The van der Waals surface area contributed by atoms with Gasteiger partial charge in [0, 0.05) is 30.1 Å². The Balaban J connectivity index is 1.32. The van der Waals surface area contributed by atoms with Gasteiger partial charge in [-0.3, -0.25) is 9.36 Å². The van der Waals surface area contributed by atoms with E-state index in [9.17, 15) is 28.2 Å². The number of carboxylic acid groups (broad SMARTS) is 1. The highest BCUT2D eigenvalue weighted by Gasteiger charge is 2.44. The van der Waals surface area contributed by atoms with Gasteiger partial charge in [-0.25, -0.2) is 27.9 Å². The summed E-state index contributed by atoms with van der Waals surface area (Å²) in [6.07, 6.45) is -0.705. The van der Waals surface area contributed by atoms with Crippen LogP contribution in [0.5, 0.6) is 0 Å². The summed E-state index contributed by atoms with van der Waals surface area (Å²) in [5.74, 6) is -1.48. The molecule has 14 heteroatoms. The maximum Gasteiger partial charge on any atom is 0.335 e. The lowest BCUT2D eigenvalue weighted by atomic mass is 10.0. The average molecular weight is 532 g/mol. The number of imidazole rings is 1. The zero-order valence-corrected chi connectivity index (χ0v) is 20.2. The third-order valence-electron chi connectivity index (χ3n) is 5.83. The van der Waals surface area contributed by atoms with Gasteiger partial charge >= 0.3 is 5.97 Å². The molecule has 0 unspecified atom stereocenters. The molecule has 1 aliphatic heterocycles. The van der Waals surface area contributed by atoms with Crippen molar-refractivity contribution in [1.82, 2.24) is 19.3 Å². The van der Waals surface area contributed by atoms with Crippen LogP contribution in [0, 0.1) is 0 Å². The third-order valence-corrected chi connectivity index (χ3v) is 6.95. The number of pyridine rings is 1. The molecule has 0 spiro atoms. The lowest BCUT2D eigenvalue weighted by Gasteiger charge is -2.16. The molecular weight excluding hydrogens is 506 g/mol. The maximum atomic E-state index is 12.3. The molecule has 3 aromatic rings. The number of ether oxygens (including phenoxy) is 1. The van der Waals surface area contributed by atoms with Crippen LogP contribution in [0.15, 0.2) is 54.3 Å². The molecule has 0 aliphatic carbocycles. The predicted molar refractivity (Wildman–Crippen MR) is 131 cm³/mol. The molecule has 2 aromatic heterocycles. The first kappa shape index (κ1) is 26.4. The molecule has 196 valence electrons. The molecular formula is C23H25N5O8S. The van der Waals surface area contributed by atoms with Crippen molar-refractivity contribution in [3.8, 4) is 0 Å². The number of nitrogen functional groups attached to an aromatic ring is 1. The first-order valence-electron chi connectivity index (χ1n) is 11.2. The summed E-state index contributed by atoms with van der Waals surface area (Å²) in [5, 5.41) is 30.8. The van der Waals surface area contributed by atoms with E-state index in [1.807, 2.05) is 0 Å². The summed E-state index contributed by atoms with van der Waals surface area (Å²) in [4.78, 5) is 31.6. The molecule has 4 atom stereocenters. The standard InChI is InChI=1S/C23H25N5O8S/c24-15-7-8-25-21-18(15)26-12-28(21)22-20(31)19(30)17(36-22)11-27-37(34,35)9-2-1-6-16(29)13-4-3-5-14(10-13)23(32)33/h2-5,7-10,12,17,19-20,22,27,30-31H,1,6,11H2,(H2,24,25)(H,32,33)/b9-2+/t17-,19-,20-,22-/m1/s1. The molecule has 13 nitrogen and oxygen atoms in total. The second kappa shape index (κ2) is 10.7. The van der Waals surface area contributed by atoms with Gasteiger partial charge in [-0.15, -0.1) is 0 Å². The van der Waals surface area contributed by atoms with E-state index in [1.54, 1.807) is 6.07 Å². The van der Waals surface area contributed by atoms with Crippen molar-refractivity contribution < 1.29 is 38.1 Å². The zero-order chi connectivity index (χ0) is 26.7. The largest absolute Gasteiger partial charge is 0.478 e. The lowest BCUT2D eigenvalue weighted by molar-refractivity contribution is -0.0329. The number of rotatable bonds is 10. The Kier molecular flexibility index (Phi) is 7.65. The van der Waals surface area contributed by atoms with Crippen molar-refractivity contribution >= 4 is 38.6 Å². The van der Waals surface area contributed by atoms with Gasteiger partial charge in [-0.05, 0) is 24.6 Å². The van der Waals surface area contributed by atoms with Crippen LogP contribution in [0.3, 0.4) is 0 Å². The Morgan fingerprint density at radius 2 is 1.92 bits per heavy atom. The van der Waals surface area contributed by atoms with E-state index in [-0.39, 0.29) is 36.3 Å². The number of allylic oxidation sites excluding steroid dienone is 1. The number of anilines is 1. The van der Waals surface area contributed by atoms with Crippen molar-refractivity contribution in [1.29, 1.82) is 0 Å². The van der Waals surface area contributed by atoms with Crippen molar-refractivity contribution in [2.75, 3.05) is 12.3 Å². The number of nitrogens with zero attached hydrogens (tertiary/aromatic N) is 3. The van der Waals surface area contributed by atoms with E-state index >= 15 is 0 Å². The number of nitrogens with one attached hydrogen (secondary N) is 1. The van der Waals surface area contributed by atoms with Gasteiger partial charge < -0.3 is 25.8 Å². The number of Topliss-reactive ketones (excluding diaryl/α,β-unsaturated/α-hetero) is 1. The van der Waals surface area contributed by atoms with E-state index < -0.39 is 40.5 Å². The van der Waals surface area contributed by atoms with E-state index in [2.05, 4.69) is 14.7 Å². The Hall–Kier alpha value is -3.69. The van der Waals surface area contributed by atoms with Gasteiger partial charge in [0.15, 0.2) is 17.7 Å². The van der Waals surface area contributed by atoms with Crippen LogP contribution in [0.1, 0.15) is 39.8 Å². The number of nitrogens with two attached hydrogens (primary N) is 1. The SMILES string of the molecule is Nc1ccnc2c1ncn2[C@@H]1O[C@H](CNS(=O)(=O)/C=C/CCC(=O)c2cccc(C(=O)O)c2)[C@@H](O)[C@H]1O. The number of aromatic nitrogens is 3. The fraction of sp³-hybridized carbons (Fsp3) is 0.304. The number of aromatic carboxylic acids is 1. The summed E-state index contributed by atoms with van der Waals surface area (Å²) in [7, 11) is -3.94. The number of aliphatic hydroxyl groups excluding tert-OH is 2. The lowest BCUT2D eigenvalue weighted by Crippen LogP contribution is -2.39. The number of sulfonamides is 1. The number of aliphatic hydroxyl groups is 2. The number of hydrogen-bond donors (Lipinski definition) is 5. The van der Waals surface area contributed by atoms with Gasteiger partial charge in [0.1, 0.15) is 23.8 Å². The van der Waals surface area contributed by atoms with Gasteiger partial charge in [-0.2, -0.15) is 0 Å². The number of carbonyl (C=O) groups excluding carboxylic acids is 1. The van der Waals surface area contributed by atoms with Crippen LogP contribution < -0.4 is 10.5 Å². The topological polar surface area (TPSA) is 207 Å². The Bertz CT molecular complexity index is 1450. The van der Waals surface area contributed by atoms with Crippen LogP contribution >= 0.6 is 0 Å². The number of carbonyl (C=O) groups is 2. The normalized spacial score (nSPS) is 22.1. The number of carboxylic acids is 1. The second-order valence-corrected chi connectivity index (χ2v) is 10.0. The number of hydrogen-bond acceptors (Lipinski definition) is 10. The molecule has 0 radical (unpaired) electrons. The molecule has 0 amide bonds. The first-order chi connectivity index (χ1) is 17.6. The third kappa shape index (κ3) is 5.84. The highest BCUT2D eigenvalue weighted by Crippen LogP contribution is 2.32. The molecule has 3 heterocycles. The molecule has 1 saturated heterocycles. The van der Waals surface area contributed by atoms with E-state index in [4.69, 9.17) is 15.6 Å². The van der Waals surface area contributed by atoms with Crippen LogP contribution in [-0.4, -0.2) is 74.9 Å². The molecule has 0 bridgehead atoms. The predicted octanol–water partition coefficient (Wildman–Crippen LogP) is 0.427. The maximum absolute atomic E-state index is 12.3. The van der Waals surface area contributed by atoms with Crippen LogP contribution in [0.2, 0.25) is 0 Å². The molecule has 1 fully saturated rings. The Morgan fingerprint density at radius 1 is 1.16 bits per heavy atom. The van der Waals surface area contributed by atoms with Crippen molar-refractivity contribution in [2.45, 2.75) is 37.4 Å². The van der Waals surface area contributed by atoms with Crippen molar-refractivity contribution in [3.63, 3.8) is 0 Å². The quantitative estimate of drug-likeness (QED) is 0.227. The van der Waals surface area contributed by atoms with Crippen LogP contribution in [-0.2, 0) is 14.8 Å². The molecule has 1 aliphatic rings. The molecule has 0 saturated carbocycles. The van der Waals surface area contributed by atoms with Crippen LogP contribution in [0.4, 0.5) is 5.69 Å². The van der Waals surface area contributed by atoms with E-state index in [0.29, 0.717) is 16.9 Å². The van der Waals surface area contributed by atoms with Gasteiger partial charge in [0.05, 0.1) is 17.6 Å². The van der Waals surface area contributed by atoms with Gasteiger partial charge in [0.2, 0.25) is 10.0 Å². The summed E-state index contributed by atoms with van der Waals surface area (Å²) >= 11 is 0. The number of ketones is 1. The zero-order valence-electron chi connectivity index (χ0n) is 19.3. The minimum Gasteiger partial charge on any atom is -0.478 e. The van der Waals surface area contributed by atoms with Crippen LogP contribution in [0.25, 0.3) is 11.2 Å². The van der Waals surface area contributed by atoms with Crippen molar-refractivity contribution in [2.24, 2.45) is 0 Å². The first-order valence-corrected chi connectivity index (χ1v) is 12.7. The molecule has 6 N–H and O–H groups in total. The minimum atomic E-state index is -3.94. The fourth-order valence-corrected chi connectivity index (χ4v) is 4.77. The van der Waals surface area contributed by atoms with Gasteiger partial charge in [0.25, 0.3) is 0 Å². The second-order valence-electron chi connectivity index (χ2n) is 8.38. The smallest absolute Gasteiger partial charge is 0.335 e. The average Bonchev–Trinajstić information content (AvgIpc) is 3.42. The summed E-state index contributed by atoms with van der Waals surface area (Å²) in [5.41, 5.74) is 7.19. The Morgan fingerprint density at radius 3 is 2.68 bits per heavy atom. The number of fused-ring (bicyclic) bond motifs is 1. The Labute approximate surface area is 211 Å². The highest BCUT2D eigenvalue weighted by atomic mass is 32.2. The molecule has 37 heavy (non-hydrogen) atoms. The summed E-state index contributed by atoms with van der Waals surface area (Å²) in [6.45, 7) is -0.329. The number of benzene rings is 1. The minimum absolute atomic E-state index is 0.0153. The molecule has 4 rings (SSSR count). The summed E-state index contributed by atoms with van der Waals surface area (Å²) in [6, 6.07) is 7.15. The van der Waals surface area contributed by atoms with Gasteiger partial charge in [-0.1, -0.05) is 18.2 Å². The van der Waals surface area contributed by atoms with E-state index in [1.165, 1.54) is 47.4 Å². The highest BCUT2D eigenvalue weighted by molar-refractivity contribution is 7.92. The molecule has 1 aromatic carbocycles. The van der Waals surface area contributed by atoms with Crippen molar-refractivity contribution in [3.05, 3.63) is 65.5 Å².